The number of nitrogens with zero attached hydrogens (tertiary/aromatic N) is 2. The molecule has 4 heteroatoms. The minimum atomic E-state index is 0.388. The quantitative estimate of drug-likeness (QED) is 0.287. The summed E-state index contributed by atoms with van der Waals surface area (Å²) in [7, 11) is 7.02. The summed E-state index contributed by atoms with van der Waals surface area (Å²) < 4.78 is 1.70. The second-order valence-electron chi connectivity index (χ2n) is 2.88. The lowest BCUT2D eigenvalue weighted by atomic mass is 10.2. The maximum Gasteiger partial charge on any atom is 0.0970 e. The third-order valence-electron chi connectivity index (χ3n) is 1.18. The summed E-state index contributed by atoms with van der Waals surface area (Å²) in [5, 5.41) is 8.33. The monoisotopic (exact) mass is 203 g/mol. The molecule has 0 heterocycles. The number of hydrogen-bond donors (Lipinski definition) is 0. The van der Waals surface area contributed by atoms with E-state index in [1.165, 1.54) is 6.42 Å². The Morgan fingerprint density at radius 2 is 2.25 bits per heavy atom. The lowest BCUT2D eigenvalue weighted by Gasteiger charge is -2.09. The van der Waals surface area contributed by atoms with Crippen LogP contribution >= 0.6 is 21.8 Å². The van der Waals surface area contributed by atoms with Crippen LogP contribution in [0.15, 0.2) is 0 Å². The molecule has 0 aromatic rings. The van der Waals surface area contributed by atoms with Gasteiger partial charge in [0.15, 0.2) is 0 Å². The molecular formula is C8H15N2S2. The van der Waals surface area contributed by atoms with Crippen LogP contribution < -0.4 is 0 Å². The van der Waals surface area contributed by atoms with E-state index in [4.69, 9.17) is 5.26 Å². The SMILES string of the molecule is [CH2]N(CC#N)SSCCC(C)C. The molecule has 12 heavy (non-hydrogen) atoms. The summed E-state index contributed by atoms with van der Waals surface area (Å²) in [6, 6.07) is 2.05. The van der Waals surface area contributed by atoms with Gasteiger partial charge in [0.05, 0.1) is 12.6 Å². The van der Waals surface area contributed by atoms with Gasteiger partial charge < -0.3 is 0 Å². The van der Waals surface area contributed by atoms with Crippen LogP contribution in [0, 0.1) is 24.3 Å². The summed E-state index contributed by atoms with van der Waals surface area (Å²) >= 11 is 0. The molecule has 0 aromatic heterocycles. The van der Waals surface area contributed by atoms with Gasteiger partial charge in [-0.1, -0.05) is 24.6 Å². The lowest BCUT2D eigenvalue weighted by Crippen LogP contribution is -2.03. The molecule has 2 nitrogen and oxygen atoms in total. The molecule has 0 fully saturated rings. The van der Waals surface area contributed by atoms with Crippen molar-refractivity contribution < 1.29 is 0 Å². The molecule has 0 aliphatic rings. The highest BCUT2D eigenvalue weighted by Crippen LogP contribution is 2.26. The van der Waals surface area contributed by atoms with E-state index in [0.717, 1.165) is 11.7 Å². The second kappa shape index (κ2) is 7.78. The second-order valence-corrected chi connectivity index (χ2v) is 5.34. The van der Waals surface area contributed by atoms with Gasteiger partial charge in [0.2, 0.25) is 0 Å². The summed E-state index contributed by atoms with van der Waals surface area (Å²) in [5.41, 5.74) is 0. The Labute approximate surface area is 83.2 Å². The van der Waals surface area contributed by atoms with Gasteiger partial charge in [-0.15, -0.1) is 0 Å². The Morgan fingerprint density at radius 1 is 1.58 bits per heavy atom. The fourth-order valence-corrected chi connectivity index (χ4v) is 2.52. The van der Waals surface area contributed by atoms with Gasteiger partial charge in [0.1, 0.15) is 0 Å². The van der Waals surface area contributed by atoms with Crippen LogP contribution in [0.2, 0.25) is 0 Å². The standard InChI is InChI=1S/C8H15N2S2/c1-8(2)4-7-11-12-10(3)6-5-9/h8H,3-4,6-7H2,1-2H3. The third-order valence-corrected chi connectivity index (χ3v) is 3.48. The fourth-order valence-electron chi connectivity index (χ4n) is 0.501. The highest BCUT2D eigenvalue weighted by atomic mass is 33.1. The average molecular weight is 203 g/mol. The molecule has 0 saturated carbocycles. The summed E-state index contributed by atoms with van der Waals surface area (Å²) in [6.45, 7) is 4.81. The molecule has 0 amide bonds. The Morgan fingerprint density at radius 3 is 2.75 bits per heavy atom. The number of nitriles is 1. The normalized spacial score (nSPS) is 10.7. The number of hydrogen-bond acceptors (Lipinski definition) is 4. The molecule has 0 unspecified atom stereocenters. The van der Waals surface area contributed by atoms with Crippen LogP contribution in [0.5, 0.6) is 0 Å². The Bertz CT molecular complexity index is 142. The van der Waals surface area contributed by atoms with Gasteiger partial charge in [0.25, 0.3) is 0 Å². The van der Waals surface area contributed by atoms with E-state index < -0.39 is 0 Å². The molecule has 0 atom stereocenters. The number of rotatable bonds is 6. The van der Waals surface area contributed by atoms with Crippen LogP contribution in [0.25, 0.3) is 0 Å². The Kier molecular flexibility index (Phi) is 7.88. The van der Waals surface area contributed by atoms with Crippen molar-refractivity contribution in [1.29, 1.82) is 5.26 Å². The van der Waals surface area contributed by atoms with E-state index >= 15 is 0 Å². The van der Waals surface area contributed by atoms with Crippen LogP contribution in [0.4, 0.5) is 0 Å². The van der Waals surface area contributed by atoms with E-state index in [-0.39, 0.29) is 0 Å². The van der Waals surface area contributed by atoms with Crippen LogP contribution in [-0.4, -0.2) is 16.6 Å². The van der Waals surface area contributed by atoms with Crippen molar-refractivity contribution in [3.05, 3.63) is 7.05 Å². The first kappa shape index (κ1) is 12.2. The largest absolute Gasteiger partial charge is 0.226 e. The zero-order valence-corrected chi connectivity index (χ0v) is 9.25. The first-order valence-corrected chi connectivity index (χ1v) is 6.19. The third kappa shape index (κ3) is 8.25. The predicted octanol–water partition coefficient (Wildman–Crippen LogP) is 2.95. The van der Waals surface area contributed by atoms with E-state index in [9.17, 15) is 0 Å². The summed E-state index contributed by atoms with van der Waals surface area (Å²) in [4.78, 5) is 0. The van der Waals surface area contributed by atoms with Gasteiger partial charge >= 0.3 is 0 Å². The van der Waals surface area contributed by atoms with Gasteiger partial charge in [-0.05, 0) is 23.3 Å². The zero-order valence-electron chi connectivity index (χ0n) is 7.62. The van der Waals surface area contributed by atoms with E-state index in [0.29, 0.717) is 6.54 Å². The van der Waals surface area contributed by atoms with Crippen LogP contribution in [0.3, 0.4) is 0 Å². The van der Waals surface area contributed by atoms with Crippen molar-refractivity contribution in [1.82, 2.24) is 4.31 Å². The molecule has 0 rings (SSSR count). The molecule has 0 bridgehead atoms. The molecule has 0 N–H and O–H groups in total. The smallest absolute Gasteiger partial charge is 0.0970 e. The first-order chi connectivity index (χ1) is 5.66. The first-order valence-electron chi connectivity index (χ1n) is 3.91. The fraction of sp³-hybridized carbons (Fsp3) is 0.750. The lowest BCUT2D eigenvalue weighted by molar-refractivity contribution is 0.632. The molecule has 0 aliphatic heterocycles. The molecule has 0 aliphatic carbocycles. The topological polar surface area (TPSA) is 27.0 Å². The van der Waals surface area contributed by atoms with E-state index in [1.807, 2.05) is 6.07 Å². The Balaban J connectivity index is 3.15. The van der Waals surface area contributed by atoms with Gasteiger partial charge in [-0.3, -0.25) is 0 Å². The molecular weight excluding hydrogens is 188 g/mol. The minimum Gasteiger partial charge on any atom is -0.226 e. The highest BCUT2D eigenvalue weighted by Gasteiger charge is 1.99. The molecule has 1 radical (unpaired) electrons. The molecule has 0 spiro atoms. The highest BCUT2D eigenvalue weighted by molar-refractivity contribution is 8.75. The van der Waals surface area contributed by atoms with Crippen molar-refractivity contribution in [2.45, 2.75) is 20.3 Å². The van der Waals surface area contributed by atoms with Gasteiger partial charge in [-0.25, -0.2) is 4.31 Å². The van der Waals surface area contributed by atoms with Crippen molar-refractivity contribution in [3.63, 3.8) is 0 Å². The maximum absolute atomic E-state index is 8.33. The molecule has 0 saturated heterocycles. The van der Waals surface area contributed by atoms with Crippen molar-refractivity contribution in [3.8, 4) is 6.07 Å². The van der Waals surface area contributed by atoms with E-state index in [1.54, 1.807) is 26.1 Å². The average Bonchev–Trinajstić information content (AvgIpc) is 1.98. The maximum atomic E-state index is 8.33. The molecule has 69 valence electrons. The summed E-state index contributed by atoms with van der Waals surface area (Å²) in [5.74, 6) is 1.88. The molecule has 0 aromatic carbocycles. The van der Waals surface area contributed by atoms with E-state index in [2.05, 4.69) is 20.9 Å². The van der Waals surface area contributed by atoms with Crippen molar-refractivity contribution in [2.24, 2.45) is 5.92 Å². The van der Waals surface area contributed by atoms with Crippen molar-refractivity contribution in [2.75, 3.05) is 12.3 Å². The zero-order chi connectivity index (χ0) is 9.40. The van der Waals surface area contributed by atoms with Gasteiger partial charge in [0, 0.05) is 12.8 Å². The summed E-state index contributed by atoms with van der Waals surface area (Å²) in [6.07, 6.45) is 1.22. The predicted molar refractivity (Wildman–Crippen MR) is 57.2 cm³/mol. The van der Waals surface area contributed by atoms with Crippen LogP contribution in [-0.2, 0) is 0 Å². The van der Waals surface area contributed by atoms with Crippen molar-refractivity contribution >= 4 is 21.8 Å². The minimum absolute atomic E-state index is 0.388. The van der Waals surface area contributed by atoms with Crippen LogP contribution in [0.1, 0.15) is 20.3 Å². The Hall–Kier alpha value is 0.150. The van der Waals surface area contributed by atoms with Gasteiger partial charge in [-0.2, -0.15) is 5.26 Å².